The van der Waals surface area contributed by atoms with Gasteiger partial charge in [0.25, 0.3) is 11.8 Å². The van der Waals surface area contributed by atoms with Crippen LogP contribution in [0, 0.1) is 45.3 Å². The number of carbonyl (C=O) groups excluding carboxylic acids is 2. The Bertz CT molecular complexity index is 2300. The number of nitriles is 4. The SMILES string of the molecule is N#CCCN(CCC#N)S(=O)(=O)c1ccc(C(=O)Nc2cccc(-c3csc(NC(=O)c4ccc(S(=O)(=O)N(CCC#N)CCC#N)cc4)n3)c2)cc1. The number of amides is 2. The highest BCUT2D eigenvalue weighted by Gasteiger charge is 2.25. The van der Waals surface area contributed by atoms with Gasteiger partial charge in [-0.15, -0.1) is 11.3 Å². The van der Waals surface area contributed by atoms with Gasteiger partial charge in [-0.25, -0.2) is 21.8 Å². The van der Waals surface area contributed by atoms with Crippen LogP contribution < -0.4 is 10.6 Å². The monoisotopic (exact) mass is 769 g/mol. The lowest BCUT2D eigenvalue weighted by atomic mass is 10.1. The molecule has 1 heterocycles. The number of nitrogens with zero attached hydrogens (tertiary/aromatic N) is 7. The molecule has 0 aliphatic carbocycles. The first-order valence-corrected chi connectivity index (χ1v) is 19.6. The zero-order valence-electron chi connectivity index (χ0n) is 28.0. The Morgan fingerprint density at radius 1 is 0.642 bits per heavy atom. The minimum Gasteiger partial charge on any atom is -0.322 e. The number of rotatable bonds is 17. The predicted octanol–water partition coefficient (Wildman–Crippen LogP) is 4.95. The fraction of sp³-hybridized carbons (Fsp3) is 0.229. The molecule has 0 unspecified atom stereocenters. The van der Waals surface area contributed by atoms with Crippen molar-refractivity contribution in [3.63, 3.8) is 0 Å². The summed E-state index contributed by atoms with van der Waals surface area (Å²) in [5, 5.41) is 43.0. The van der Waals surface area contributed by atoms with Gasteiger partial charge in [0, 0.05) is 79.6 Å². The fourth-order valence-corrected chi connectivity index (χ4v) is 8.45. The summed E-state index contributed by atoms with van der Waals surface area (Å²) in [6.07, 6.45) is -0.153. The fourth-order valence-electron chi connectivity index (χ4n) is 4.85. The first-order chi connectivity index (χ1) is 25.4. The van der Waals surface area contributed by atoms with Gasteiger partial charge >= 0.3 is 0 Å². The summed E-state index contributed by atoms with van der Waals surface area (Å²) in [4.78, 5) is 30.3. The van der Waals surface area contributed by atoms with Crippen molar-refractivity contribution in [2.45, 2.75) is 35.5 Å². The van der Waals surface area contributed by atoms with Crippen molar-refractivity contribution in [3.8, 4) is 35.5 Å². The van der Waals surface area contributed by atoms with Gasteiger partial charge in [0.1, 0.15) is 0 Å². The van der Waals surface area contributed by atoms with Gasteiger partial charge in [-0.3, -0.25) is 14.9 Å². The van der Waals surface area contributed by atoms with Crippen LogP contribution in [0.4, 0.5) is 10.8 Å². The molecule has 0 aliphatic rings. The minimum atomic E-state index is -3.99. The average Bonchev–Trinajstić information content (AvgIpc) is 3.63. The highest BCUT2D eigenvalue weighted by atomic mass is 32.2. The molecule has 0 fully saturated rings. The number of aromatic nitrogens is 1. The predicted molar refractivity (Wildman–Crippen MR) is 195 cm³/mol. The molecule has 0 saturated carbocycles. The van der Waals surface area contributed by atoms with Crippen molar-refractivity contribution in [1.82, 2.24) is 13.6 Å². The van der Waals surface area contributed by atoms with E-state index in [4.69, 9.17) is 21.0 Å². The van der Waals surface area contributed by atoms with Crippen LogP contribution >= 0.6 is 11.3 Å². The van der Waals surface area contributed by atoms with E-state index in [9.17, 15) is 26.4 Å². The molecule has 3 aromatic carbocycles. The van der Waals surface area contributed by atoms with Crippen LogP contribution in [0.1, 0.15) is 46.4 Å². The summed E-state index contributed by atoms with van der Waals surface area (Å²) < 4.78 is 54.4. The number of benzene rings is 3. The zero-order chi connectivity index (χ0) is 38.4. The third-order valence-electron chi connectivity index (χ3n) is 7.54. The van der Waals surface area contributed by atoms with E-state index in [-0.39, 0.29) is 77.9 Å². The number of nitrogens with one attached hydrogen (secondary N) is 2. The smallest absolute Gasteiger partial charge is 0.257 e. The molecular formula is C35H31N9O6S3. The molecule has 0 radical (unpaired) electrons. The van der Waals surface area contributed by atoms with Gasteiger partial charge < -0.3 is 5.32 Å². The van der Waals surface area contributed by atoms with E-state index >= 15 is 0 Å². The lowest BCUT2D eigenvalue weighted by Crippen LogP contribution is -2.32. The Balaban J connectivity index is 1.40. The molecule has 0 bridgehead atoms. The zero-order valence-corrected chi connectivity index (χ0v) is 30.4. The van der Waals surface area contributed by atoms with E-state index < -0.39 is 31.9 Å². The third kappa shape index (κ3) is 10.3. The van der Waals surface area contributed by atoms with Gasteiger partial charge in [0.15, 0.2) is 5.13 Å². The number of anilines is 2. The van der Waals surface area contributed by atoms with Crippen molar-refractivity contribution < 1.29 is 26.4 Å². The summed E-state index contributed by atoms with van der Waals surface area (Å²) in [5.41, 5.74) is 1.92. The van der Waals surface area contributed by atoms with Crippen LogP contribution in [0.15, 0.2) is 88.0 Å². The summed E-state index contributed by atoms with van der Waals surface area (Å²) >= 11 is 1.15. The quantitative estimate of drug-likeness (QED) is 0.146. The topological polar surface area (TPSA) is 241 Å². The maximum absolute atomic E-state index is 13.1. The van der Waals surface area contributed by atoms with E-state index in [1.807, 2.05) is 24.3 Å². The van der Waals surface area contributed by atoms with E-state index in [1.165, 1.54) is 48.5 Å². The molecule has 2 N–H and O–H groups in total. The number of sulfonamides is 2. The highest BCUT2D eigenvalue weighted by molar-refractivity contribution is 7.89. The van der Waals surface area contributed by atoms with Gasteiger partial charge in [0.2, 0.25) is 20.0 Å². The molecular weight excluding hydrogens is 739 g/mol. The highest BCUT2D eigenvalue weighted by Crippen LogP contribution is 2.28. The standard InChI is InChI=1S/C35H31N9O6S3/c36-16-2-20-43(21-3-17-37)52(47,48)30-12-8-26(9-13-30)33(45)40-29-7-1-6-28(24-29)32-25-51-35(41-32)42-34(46)27-10-14-31(15-11-27)53(49,50)44(22-4-18-38)23-5-19-39/h1,6-15,24-25H,2-5,20-23H2,(H,40,45)(H,41,42,46). The van der Waals surface area contributed by atoms with Crippen LogP contribution in [0.25, 0.3) is 11.3 Å². The van der Waals surface area contributed by atoms with Gasteiger partial charge in [-0.1, -0.05) is 12.1 Å². The third-order valence-corrected chi connectivity index (χ3v) is 12.1. The molecule has 4 aromatic rings. The van der Waals surface area contributed by atoms with Crippen molar-refractivity contribution in [1.29, 1.82) is 21.0 Å². The van der Waals surface area contributed by atoms with E-state index in [0.717, 1.165) is 19.9 Å². The summed E-state index contributed by atoms with van der Waals surface area (Å²) in [6, 6.07) is 25.0. The summed E-state index contributed by atoms with van der Waals surface area (Å²) in [7, 11) is -7.99. The molecule has 15 nitrogen and oxygen atoms in total. The van der Waals surface area contributed by atoms with Crippen LogP contribution in [0.3, 0.4) is 0 Å². The summed E-state index contributed by atoms with van der Waals surface area (Å²) in [5.74, 6) is -1.03. The second kappa shape index (κ2) is 18.5. The summed E-state index contributed by atoms with van der Waals surface area (Å²) in [6.45, 7) is -0.259. The lowest BCUT2D eigenvalue weighted by molar-refractivity contribution is 0.101. The number of thiazole rings is 1. The molecule has 0 saturated heterocycles. The Kier molecular flexibility index (Phi) is 13.9. The van der Waals surface area contributed by atoms with Gasteiger partial charge in [0.05, 0.1) is 39.8 Å². The number of hydrogen-bond acceptors (Lipinski definition) is 12. The average molecular weight is 770 g/mol. The number of hydrogen-bond donors (Lipinski definition) is 2. The second-order valence-corrected chi connectivity index (χ2v) is 15.8. The molecule has 270 valence electrons. The molecule has 4 rings (SSSR count). The molecule has 1 aromatic heterocycles. The first-order valence-electron chi connectivity index (χ1n) is 15.8. The normalized spacial score (nSPS) is 11.2. The maximum atomic E-state index is 13.1. The van der Waals surface area contributed by atoms with E-state index in [1.54, 1.807) is 29.6 Å². The largest absolute Gasteiger partial charge is 0.322 e. The Morgan fingerprint density at radius 2 is 1.08 bits per heavy atom. The number of carbonyl (C=O) groups is 2. The lowest BCUT2D eigenvalue weighted by Gasteiger charge is -2.20. The maximum Gasteiger partial charge on any atom is 0.257 e. The molecule has 2 amide bonds. The van der Waals surface area contributed by atoms with Crippen LogP contribution in [-0.2, 0) is 20.0 Å². The van der Waals surface area contributed by atoms with Gasteiger partial charge in [-0.2, -0.15) is 29.7 Å². The van der Waals surface area contributed by atoms with Crippen LogP contribution in [0.5, 0.6) is 0 Å². The first kappa shape index (κ1) is 39.8. The molecule has 53 heavy (non-hydrogen) atoms. The Labute approximate surface area is 311 Å². The van der Waals surface area contributed by atoms with Gasteiger partial charge in [-0.05, 0) is 60.7 Å². The van der Waals surface area contributed by atoms with Crippen molar-refractivity contribution >= 4 is 54.0 Å². The van der Waals surface area contributed by atoms with Crippen molar-refractivity contribution in [3.05, 3.63) is 89.3 Å². The van der Waals surface area contributed by atoms with Crippen molar-refractivity contribution in [2.24, 2.45) is 0 Å². The van der Waals surface area contributed by atoms with Crippen molar-refractivity contribution in [2.75, 3.05) is 36.8 Å². The second-order valence-electron chi connectivity index (χ2n) is 11.0. The Morgan fingerprint density at radius 3 is 1.51 bits per heavy atom. The van der Waals surface area contributed by atoms with E-state index in [0.29, 0.717) is 16.9 Å². The molecule has 0 aliphatic heterocycles. The van der Waals surface area contributed by atoms with E-state index in [2.05, 4.69) is 15.6 Å². The van der Waals surface area contributed by atoms with Crippen LogP contribution in [-0.4, -0.2) is 68.4 Å². The van der Waals surface area contributed by atoms with Crippen LogP contribution in [0.2, 0.25) is 0 Å². The molecule has 0 spiro atoms. The Hall–Kier alpha value is -5.99. The molecule has 0 atom stereocenters. The minimum absolute atomic E-state index is 0.0376. The molecule has 18 heteroatoms.